The number of esters is 2. The highest BCUT2D eigenvalue weighted by molar-refractivity contribution is 6.12. The van der Waals surface area contributed by atoms with Gasteiger partial charge in [0.25, 0.3) is 0 Å². The second kappa shape index (κ2) is 7.90. The lowest BCUT2D eigenvalue weighted by molar-refractivity contribution is -0.155. The zero-order chi connectivity index (χ0) is 21.2. The molecule has 0 saturated carbocycles. The van der Waals surface area contributed by atoms with Crippen LogP contribution >= 0.6 is 0 Å². The first-order valence-corrected chi connectivity index (χ1v) is 9.28. The highest BCUT2D eigenvalue weighted by Gasteiger charge is 2.21. The molecule has 1 aromatic carbocycles. The molecular weight excluding hydrogens is 372 g/mol. The molecule has 0 saturated heterocycles. The fraction of sp³-hybridized carbons (Fsp3) is 0.333. The monoisotopic (exact) mass is 396 g/mol. The fourth-order valence-corrected chi connectivity index (χ4v) is 3.08. The Morgan fingerprint density at radius 2 is 2.00 bits per heavy atom. The van der Waals surface area contributed by atoms with Crippen molar-refractivity contribution >= 4 is 45.8 Å². The van der Waals surface area contributed by atoms with Gasteiger partial charge in [0, 0.05) is 11.5 Å². The highest BCUT2D eigenvalue weighted by atomic mass is 16.6. The van der Waals surface area contributed by atoms with E-state index in [4.69, 9.17) is 15.2 Å². The third-order valence-electron chi connectivity index (χ3n) is 4.10. The van der Waals surface area contributed by atoms with Crippen LogP contribution in [0, 0.1) is 0 Å². The Morgan fingerprint density at radius 1 is 1.24 bits per heavy atom. The molecule has 0 radical (unpaired) electrons. The molecule has 3 rings (SSSR count). The smallest absolute Gasteiger partial charge is 0.330 e. The standard InChI is InChI=1S/C21H24N4O4/c1-5-28-16(26)9-7-13-6-8-15-14(10-13)18-19(22)23-12-24-20(18)25(15)11-17(27)29-21(2,3)4/h6-10,12H,5,11H2,1-4H3,(H2,22,23,24)/b9-7+. The number of nitrogens with two attached hydrogens (primary N) is 1. The largest absolute Gasteiger partial charge is 0.463 e. The van der Waals surface area contributed by atoms with Crippen LogP contribution in [0.5, 0.6) is 0 Å². The number of ether oxygens (including phenoxy) is 2. The van der Waals surface area contributed by atoms with Crippen molar-refractivity contribution in [2.75, 3.05) is 12.3 Å². The summed E-state index contributed by atoms with van der Waals surface area (Å²) in [5.41, 5.74) is 7.62. The Hall–Kier alpha value is -3.42. The van der Waals surface area contributed by atoms with Crippen molar-refractivity contribution in [3.63, 3.8) is 0 Å². The van der Waals surface area contributed by atoms with E-state index in [-0.39, 0.29) is 12.5 Å². The molecule has 0 aliphatic heterocycles. The average Bonchev–Trinajstić information content (AvgIpc) is 2.93. The van der Waals surface area contributed by atoms with E-state index in [1.54, 1.807) is 17.6 Å². The molecule has 2 aromatic heterocycles. The zero-order valence-corrected chi connectivity index (χ0v) is 16.9. The summed E-state index contributed by atoms with van der Waals surface area (Å²) in [5, 5.41) is 1.44. The van der Waals surface area contributed by atoms with Gasteiger partial charge in [0.1, 0.15) is 29.9 Å². The van der Waals surface area contributed by atoms with Crippen LogP contribution in [0.2, 0.25) is 0 Å². The maximum absolute atomic E-state index is 12.4. The van der Waals surface area contributed by atoms with Crippen molar-refractivity contribution in [3.05, 3.63) is 36.2 Å². The fourth-order valence-electron chi connectivity index (χ4n) is 3.08. The van der Waals surface area contributed by atoms with Gasteiger partial charge in [-0.2, -0.15) is 0 Å². The molecule has 0 bridgehead atoms. The zero-order valence-electron chi connectivity index (χ0n) is 16.9. The van der Waals surface area contributed by atoms with Gasteiger partial charge in [-0.25, -0.2) is 14.8 Å². The van der Waals surface area contributed by atoms with Crippen molar-refractivity contribution in [1.29, 1.82) is 0 Å². The summed E-state index contributed by atoms with van der Waals surface area (Å²) in [7, 11) is 0. The molecule has 0 aliphatic rings. The van der Waals surface area contributed by atoms with Gasteiger partial charge >= 0.3 is 11.9 Å². The molecule has 0 atom stereocenters. The number of nitrogen functional groups attached to an aromatic ring is 1. The second-order valence-electron chi connectivity index (χ2n) is 7.49. The molecule has 0 fully saturated rings. The van der Waals surface area contributed by atoms with Gasteiger partial charge in [0.05, 0.1) is 17.5 Å². The molecule has 0 spiro atoms. The summed E-state index contributed by atoms with van der Waals surface area (Å²) < 4.78 is 12.1. The first-order valence-electron chi connectivity index (χ1n) is 9.28. The second-order valence-corrected chi connectivity index (χ2v) is 7.49. The van der Waals surface area contributed by atoms with Crippen LogP contribution in [0.25, 0.3) is 28.0 Å². The lowest BCUT2D eigenvalue weighted by Crippen LogP contribution is -2.26. The van der Waals surface area contributed by atoms with Crippen LogP contribution < -0.4 is 5.73 Å². The van der Waals surface area contributed by atoms with E-state index < -0.39 is 11.6 Å². The van der Waals surface area contributed by atoms with Crippen LogP contribution in [-0.4, -0.2) is 38.7 Å². The Labute approximate surface area is 168 Å². The average molecular weight is 396 g/mol. The van der Waals surface area contributed by atoms with Gasteiger partial charge < -0.3 is 19.8 Å². The topological polar surface area (TPSA) is 109 Å². The van der Waals surface area contributed by atoms with E-state index in [0.717, 1.165) is 16.5 Å². The van der Waals surface area contributed by atoms with Gasteiger partial charge in [-0.05, 0) is 51.5 Å². The number of anilines is 1. The van der Waals surface area contributed by atoms with E-state index >= 15 is 0 Å². The first-order chi connectivity index (χ1) is 13.7. The number of hydrogen-bond donors (Lipinski definition) is 1. The summed E-state index contributed by atoms with van der Waals surface area (Å²) in [6, 6.07) is 5.57. The summed E-state index contributed by atoms with van der Waals surface area (Å²) in [6.07, 6.45) is 4.39. The first kappa shape index (κ1) is 20.3. The predicted octanol–water partition coefficient (Wildman–Crippen LogP) is 3.08. The molecule has 0 unspecified atom stereocenters. The third kappa shape index (κ3) is 4.53. The van der Waals surface area contributed by atoms with Gasteiger partial charge in [-0.3, -0.25) is 4.79 Å². The maximum atomic E-state index is 12.4. The van der Waals surface area contributed by atoms with Gasteiger partial charge in [0.15, 0.2) is 0 Å². The molecule has 0 aliphatic carbocycles. The molecule has 3 aromatic rings. The summed E-state index contributed by atoms with van der Waals surface area (Å²) in [4.78, 5) is 32.4. The lowest BCUT2D eigenvalue weighted by atomic mass is 10.1. The minimum Gasteiger partial charge on any atom is -0.463 e. The number of fused-ring (bicyclic) bond motifs is 3. The number of aromatic nitrogens is 3. The summed E-state index contributed by atoms with van der Waals surface area (Å²) in [6.45, 7) is 7.51. The van der Waals surface area contributed by atoms with Crippen molar-refractivity contribution in [2.45, 2.75) is 39.8 Å². The van der Waals surface area contributed by atoms with Crippen LogP contribution in [0.3, 0.4) is 0 Å². The van der Waals surface area contributed by atoms with Crippen molar-refractivity contribution in [3.8, 4) is 0 Å². The number of carbonyl (C=O) groups excluding carboxylic acids is 2. The molecule has 0 amide bonds. The predicted molar refractivity (Wildman–Crippen MR) is 111 cm³/mol. The normalized spacial score (nSPS) is 12.0. The van der Waals surface area contributed by atoms with Crippen LogP contribution in [-0.2, 0) is 25.6 Å². The molecule has 29 heavy (non-hydrogen) atoms. The maximum Gasteiger partial charge on any atom is 0.330 e. The van der Waals surface area contributed by atoms with E-state index in [2.05, 4.69) is 9.97 Å². The van der Waals surface area contributed by atoms with E-state index in [9.17, 15) is 9.59 Å². The Kier molecular flexibility index (Phi) is 5.54. The minimum atomic E-state index is -0.588. The van der Waals surface area contributed by atoms with Gasteiger partial charge in [0.2, 0.25) is 0 Å². The Bertz CT molecular complexity index is 1110. The van der Waals surface area contributed by atoms with Crippen molar-refractivity contribution < 1.29 is 19.1 Å². The Morgan fingerprint density at radius 3 is 2.69 bits per heavy atom. The molecule has 8 heteroatoms. The Balaban J connectivity index is 2.08. The van der Waals surface area contributed by atoms with Crippen molar-refractivity contribution in [1.82, 2.24) is 14.5 Å². The highest BCUT2D eigenvalue weighted by Crippen LogP contribution is 2.32. The summed E-state index contributed by atoms with van der Waals surface area (Å²) >= 11 is 0. The number of hydrogen-bond acceptors (Lipinski definition) is 7. The molecule has 2 heterocycles. The van der Waals surface area contributed by atoms with Crippen LogP contribution in [0.4, 0.5) is 5.82 Å². The van der Waals surface area contributed by atoms with Gasteiger partial charge in [-0.15, -0.1) is 0 Å². The number of rotatable bonds is 5. The van der Waals surface area contributed by atoms with E-state index in [0.29, 0.717) is 23.5 Å². The third-order valence-corrected chi connectivity index (χ3v) is 4.10. The number of carbonyl (C=O) groups is 2. The molecular formula is C21H24N4O4. The number of nitrogens with zero attached hydrogens (tertiary/aromatic N) is 3. The molecule has 152 valence electrons. The SMILES string of the molecule is CCOC(=O)/C=C/c1ccc2c(c1)c1c(N)ncnc1n2CC(=O)OC(C)(C)C. The van der Waals surface area contributed by atoms with Crippen LogP contribution in [0.15, 0.2) is 30.6 Å². The summed E-state index contributed by atoms with van der Waals surface area (Å²) in [5.74, 6) is -0.475. The lowest BCUT2D eigenvalue weighted by Gasteiger charge is -2.20. The minimum absolute atomic E-state index is 0.00820. The number of benzene rings is 1. The quantitative estimate of drug-likeness (QED) is 0.521. The van der Waals surface area contributed by atoms with Gasteiger partial charge in [-0.1, -0.05) is 6.07 Å². The van der Waals surface area contributed by atoms with E-state index in [1.807, 2.05) is 39.0 Å². The van der Waals surface area contributed by atoms with E-state index in [1.165, 1.54) is 12.4 Å². The molecule has 2 N–H and O–H groups in total. The van der Waals surface area contributed by atoms with Crippen LogP contribution in [0.1, 0.15) is 33.3 Å². The molecule has 8 nitrogen and oxygen atoms in total. The van der Waals surface area contributed by atoms with Crippen molar-refractivity contribution in [2.24, 2.45) is 0 Å².